The van der Waals surface area contributed by atoms with Crippen molar-refractivity contribution >= 4 is 5.78 Å². The number of nitrogens with zero attached hydrogens (tertiary/aromatic N) is 2. The van der Waals surface area contributed by atoms with Gasteiger partial charge in [0, 0.05) is 25.2 Å². The minimum absolute atomic E-state index is 0.00477. The first-order valence-electron chi connectivity index (χ1n) is 6.08. The Morgan fingerprint density at radius 2 is 1.94 bits per heavy atom. The summed E-state index contributed by atoms with van der Waals surface area (Å²) in [6.45, 7) is 4.82. The molecule has 2 rings (SSSR count). The van der Waals surface area contributed by atoms with E-state index in [0.29, 0.717) is 0 Å². The molecule has 0 spiro atoms. The van der Waals surface area contributed by atoms with Gasteiger partial charge in [0.05, 0.1) is 6.04 Å². The van der Waals surface area contributed by atoms with E-state index in [1.165, 1.54) is 0 Å². The Kier molecular flexibility index (Phi) is 3.60. The smallest absolute Gasteiger partial charge is 0.181 e. The number of hydrogen-bond donors (Lipinski definition) is 0. The Labute approximate surface area is 103 Å². The number of hydrogen-bond acceptors (Lipinski definition) is 3. The Bertz CT molecular complexity index is 416. The van der Waals surface area contributed by atoms with Crippen molar-refractivity contribution in [3.8, 4) is 0 Å². The molecular formula is C14H20N2O. The summed E-state index contributed by atoms with van der Waals surface area (Å²) < 4.78 is 0. The number of ketones is 1. The van der Waals surface area contributed by atoms with Gasteiger partial charge in [0.2, 0.25) is 0 Å². The highest BCUT2D eigenvalue weighted by molar-refractivity contribution is 6.01. The van der Waals surface area contributed by atoms with Crippen LogP contribution < -0.4 is 0 Å². The second-order valence-electron chi connectivity index (χ2n) is 4.94. The van der Waals surface area contributed by atoms with E-state index < -0.39 is 0 Å². The third-order valence-electron chi connectivity index (χ3n) is 3.56. The molecule has 3 nitrogen and oxygen atoms in total. The Balaban J connectivity index is 2.22. The molecule has 1 aliphatic heterocycles. The lowest BCUT2D eigenvalue weighted by Gasteiger charge is -2.36. The molecule has 1 heterocycles. The minimum atomic E-state index is -0.00477. The Hall–Kier alpha value is -1.19. The summed E-state index contributed by atoms with van der Waals surface area (Å²) in [5.41, 5.74) is 1.93. The van der Waals surface area contributed by atoms with Crippen molar-refractivity contribution in [3.63, 3.8) is 0 Å². The predicted molar refractivity (Wildman–Crippen MR) is 69.4 cm³/mol. The summed E-state index contributed by atoms with van der Waals surface area (Å²) in [5, 5.41) is 0. The van der Waals surface area contributed by atoms with Crippen LogP contribution in [0.25, 0.3) is 0 Å². The summed E-state index contributed by atoms with van der Waals surface area (Å²) in [7, 11) is 4.11. The molecule has 1 atom stereocenters. The van der Waals surface area contributed by atoms with E-state index in [-0.39, 0.29) is 11.8 Å². The minimum Gasteiger partial charge on any atom is -0.303 e. The van der Waals surface area contributed by atoms with Crippen LogP contribution in [0.3, 0.4) is 0 Å². The maximum absolute atomic E-state index is 12.5. The summed E-state index contributed by atoms with van der Waals surface area (Å²) in [6, 6.07) is 7.84. The van der Waals surface area contributed by atoms with E-state index in [9.17, 15) is 4.79 Å². The SMILES string of the molecule is Cc1ccccc1C(=O)C1CN(C)CCN1C. The van der Waals surface area contributed by atoms with Gasteiger partial charge in [-0.15, -0.1) is 0 Å². The van der Waals surface area contributed by atoms with Crippen LogP contribution in [0, 0.1) is 6.92 Å². The van der Waals surface area contributed by atoms with Crippen molar-refractivity contribution in [1.29, 1.82) is 0 Å². The van der Waals surface area contributed by atoms with Crippen LogP contribution >= 0.6 is 0 Å². The van der Waals surface area contributed by atoms with Crippen molar-refractivity contribution in [3.05, 3.63) is 35.4 Å². The summed E-state index contributed by atoms with van der Waals surface area (Å²) in [4.78, 5) is 16.9. The topological polar surface area (TPSA) is 23.6 Å². The number of Topliss-reactive ketones (excluding diaryl/α,β-unsaturated/α-hetero) is 1. The van der Waals surface area contributed by atoms with Gasteiger partial charge in [0.25, 0.3) is 0 Å². The van der Waals surface area contributed by atoms with Crippen LogP contribution in [0.1, 0.15) is 15.9 Å². The number of benzene rings is 1. The molecule has 0 N–H and O–H groups in total. The van der Waals surface area contributed by atoms with Crippen molar-refractivity contribution in [1.82, 2.24) is 9.80 Å². The first kappa shape index (κ1) is 12.3. The predicted octanol–water partition coefficient (Wildman–Crippen LogP) is 1.42. The monoisotopic (exact) mass is 232 g/mol. The molecule has 0 aliphatic carbocycles. The fourth-order valence-corrected chi connectivity index (χ4v) is 2.32. The lowest BCUT2D eigenvalue weighted by molar-refractivity contribution is 0.0685. The van der Waals surface area contributed by atoms with Crippen LogP contribution in [0.2, 0.25) is 0 Å². The largest absolute Gasteiger partial charge is 0.303 e. The summed E-state index contributed by atoms with van der Waals surface area (Å²) in [6.07, 6.45) is 0. The molecule has 0 radical (unpaired) electrons. The highest BCUT2D eigenvalue weighted by Crippen LogP contribution is 2.15. The van der Waals surface area contributed by atoms with Crippen molar-refractivity contribution in [2.75, 3.05) is 33.7 Å². The lowest BCUT2D eigenvalue weighted by Crippen LogP contribution is -2.53. The van der Waals surface area contributed by atoms with Gasteiger partial charge < -0.3 is 4.90 Å². The standard InChI is InChI=1S/C14H20N2O/c1-11-6-4-5-7-12(11)14(17)13-10-15(2)8-9-16(13)3/h4-7,13H,8-10H2,1-3H3. The van der Waals surface area contributed by atoms with Crippen molar-refractivity contribution < 1.29 is 4.79 Å². The first-order chi connectivity index (χ1) is 8.09. The molecule has 1 unspecified atom stereocenters. The number of aryl methyl sites for hydroxylation is 1. The molecule has 0 aromatic heterocycles. The highest BCUT2D eigenvalue weighted by Gasteiger charge is 2.29. The average Bonchev–Trinajstić information content (AvgIpc) is 2.32. The van der Waals surface area contributed by atoms with E-state index in [4.69, 9.17) is 0 Å². The molecular weight excluding hydrogens is 212 g/mol. The normalized spacial score (nSPS) is 22.6. The van der Waals surface area contributed by atoms with E-state index in [1.807, 2.05) is 38.2 Å². The molecule has 17 heavy (non-hydrogen) atoms. The molecule has 0 amide bonds. The quantitative estimate of drug-likeness (QED) is 0.721. The third-order valence-corrected chi connectivity index (χ3v) is 3.56. The maximum atomic E-state index is 12.5. The Morgan fingerprint density at radius 1 is 1.24 bits per heavy atom. The molecule has 1 aliphatic rings. The van der Waals surface area contributed by atoms with Gasteiger partial charge in [-0.25, -0.2) is 0 Å². The zero-order valence-corrected chi connectivity index (χ0v) is 10.8. The van der Waals surface area contributed by atoms with Gasteiger partial charge in [0.15, 0.2) is 5.78 Å². The zero-order valence-electron chi connectivity index (χ0n) is 10.8. The van der Waals surface area contributed by atoms with Gasteiger partial charge in [-0.05, 0) is 26.6 Å². The maximum Gasteiger partial charge on any atom is 0.181 e. The number of rotatable bonds is 2. The van der Waals surface area contributed by atoms with Gasteiger partial charge in [-0.1, -0.05) is 24.3 Å². The average molecular weight is 232 g/mol. The molecule has 1 saturated heterocycles. The van der Waals surface area contributed by atoms with Crippen LogP contribution in [0.5, 0.6) is 0 Å². The lowest BCUT2D eigenvalue weighted by atomic mass is 9.97. The Morgan fingerprint density at radius 3 is 2.65 bits per heavy atom. The fourth-order valence-electron chi connectivity index (χ4n) is 2.32. The zero-order chi connectivity index (χ0) is 12.4. The number of piperazine rings is 1. The summed E-state index contributed by atoms with van der Waals surface area (Å²) in [5.74, 6) is 0.247. The van der Waals surface area contributed by atoms with E-state index >= 15 is 0 Å². The highest BCUT2D eigenvalue weighted by atomic mass is 16.1. The first-order valence-corrected chi connectivity index (χ1v) is 6.08. The van der Waals surface area contributed by atoms with E-state index in [0.717, 1.165) is 30.8 Å². The van der Waals surface area contributed by atoms with Crippen molar-refractivity contribution in [2.45, 2.75) is 13.0 Å². The van der Waals surface area contributed by atoms with E-state index in [2.05, 4.69) is 16.8 Å². The number of carbonyl (C=O) groups excluding carboxylic acids is 1. The third kappa shape index (κ3) is 2.56. The summed E-state index contributed by atoms with van der Waals surface area (Å²) >= 11 is 0. The van der Waals surface area contributed by atoms with Gasteiger partial charge in [-0.3, -0.25) is 9.69 Å². The number of carbonyl (C=O) groups is 1. The van der Waals surface area contributed by atoms with Crippen LogP contribution in [0.15, 0.2) is 24.3 Å². The van der Waals surface area contributed by atoms with Crippen LogP contribution in [-0.2, 0) is 0 Å². The molecule has 3 heteroatoms. The van der Waals surface area contributed by atoms with Crippen LogP contribution in [0.4, 0.5) is 0 Å². The van der Waals surface area contributed by atoms with Gasteiger partial charge in [0.1, 0.15) is 0 Å². The fraction of sp³-hybridized carbons (Fsp3) is 0.500. The molecule has 1 fully saturated rings. The van der Waals surface area contributed by atoms with Gasteiger partial charge >= 0.3 is 0 Å². The van der Waals surface area contributed by atoms with Crippen molar-refractivity contribution in [2.24, 2.45) is 0 Å². The second kappa shape index (κ2) is 4.98. The second-order valence-corrected chi connectivity index (χ2v) is 4.94. The molecule has 1 aromatic rings. The molecule has 92 valence electrons. The van der Waals surface area contributed by atoms with Crippen LogP contribution in [-0.4, -0.2) is 55.4 Å². The molecule has 0 bridgehead atoms. The molecule has 0 saturated carbocycles. The molecule has 1 aromatic carbocycles. The number of likely N-dealkylation sites (N-methyl/N-ethyl adjacent to an activating group) is 2. The van der Waals surface area contributed by atoms with Gasteiger partial charge in [-0.2, -0.15) is 0 Å². The van der Waals surface area contributed by atoms with E-state index in [1.54, 1.807) is 0 Å².